The van der Waals surface area contributed by atoms with Crippen molar-refractivity contribution in [1.29, 1.82) is 0 Å². The molecule has 3 atom stereocenters. The Kier molecular flexibility index (Phi) is 3.73. The van der Waals surface area contributed by atoms with Gasteiger partial charge < -0.3 is 5.73 Å². The lowest BCUT2D eigenvalue weighted by Crippen LogP contribution is -2.48. The fourth-order valence-electron chi connectivity index (χ4n) is 3.34. The van der Waals surface area contributed by atoms with Gasteiger partial charge in [-0.1, -0.05) is 19.4 Å². The van der Waals surface area contributed by atoms with Crippen LogP contribution >= 0.6 is 11.3 Å². The lowest BCUT2D eigenvalue weighted by atomic mass is 9.89. The maximum atomic E-state index is 6.24. The van der Waals surface area contributed by atoms with Crippen LogP contribution in [0.5, 0.6) is 0 Å². The highest BCUT2D eigenvalue weighted by Gasteiger charge is 2.39. The Balaban J connectivity index is 1.75. The standard InChI is InChI=1S/C15H24N2S/c1-2-11-10-17(8-7-13(11)16)15(12-5-6-12)14-4-3-9-18-14/h3-4,9,11-13,15H,2,5-8,10,16H2,1H3. The average Bonchev–Trinajstić information content (AvgIpc) is 3.06. The number of hydrogen-bond donors (Lipinski definition) is 1. The van der Waals surface area contributed by atoms with Gasteiger partial charge in [0.25, 0.3) is 0 Å². The van der Waals surface area contributed by atoms with Crippen LogP contribution in [0.1, 0.15) is 43.5 Å². The molecule has 2 heterocycles. The van der Waals surface area contributed by atoms with Crippen molar-refractivity contribution in [2.24, 2.45) is 17.6 Å². The predicted octanol–water partition coefficient (Wildman–Crippen LogP) is 3.26. The van der Waals surface area contributed by atoms with Crippen LogP contribution < -0.4 is 5.73 Å². The summed E-state index contributed by atoms with van der Waals surface area (Å²) < 4.78 is 0. The van der Waals surface area contributed by atoms with Gasteiger partial charge in [0.1, 0.15) is 0 Å². The molecule has 1 aromatic heterocycles. The van der Waals surface area contributed by atoms with Crippen LogP contribution in [0.25, 0.3) is 0 Å². The second kappa shape index (κ2) is 5.32. The molecule has 3 rings (SSSR count). The molecule has 1 saturated carbocycles. The Morgan fingerprint density at radius 3 is 2.89 bits per heavy atom. The molecular formula is C15H24N2S. The van der Waals surface area contributed by atoms with Gasteiger partial charge in [-0.15, -0.1) is 11.3 Å². The van der Waals surface area contributed by atoms with Crippen LogP contribution in [0.3, 0.4) is 0 Å². The largest absolute Gasteiger partial charge is 0.327 e. The number of nitrogens with zero attached hydrogens (tertiary/aromatic N) is 1. The van der Waals surface area contributed by atoms with Gasteiger partial charge in [0, 0.05) is 30.1 Å². The number of hydrogen-bond acceptors (Lipinski definition) is 3. The summed E-state index contributed by atoms with van der Waals surface area (Å²) in [5, 5.41) is 2.22. The lowest BCUT2D eigenvalue weighted by molar-refractivity contribution is 0.0964. The Morgan fingerprint density at radius 1 is 1.44 bits per heavy atom. The zero-order valence-electron chi connectivity index (χ0n) is 11.2. The van der Waals surface area contributed by atoms with E-state index < -0.39 is 0 Å². The number of likely N-dealkylation sites (tertiary alicyclic amines) is 1. The third-order valence-electron chi connectivity index (χ3n) is 4.65. The van der Waals surface area contributed by atoms with E-state index >= 15 is 0 Å². The van der Waals surface area contributed by atoms with Crippen molar-refractivity contribution in [2.75, 3.05) is 13.1 Å². The summed E-state index contributed by atoms with van der Waals surface area (Å²) in [5.74, 6) is 1.61. The van der Waals surface area contributed by atoms with E-state index in [1.54, 1.807) is 4.88 Å². The monoisotopic (exact) mass is 264 g/mol. The molecule has 2 N–H and O–H groups in total. The third kappa shape index (κ3) is 2.49. The summed E-state index contributed by atoms with van der Waals surface area (Å²) in [5.41, 5.74) is 6.24. The number of nitrogens with two attached hydrogens (primary N) is 1. The van der Waals surface area contributed by atoms with Crippen LogP contribution in [0.4, 0.5) is 0 Å². The second-order valence-electron chi connectivity index (χ2n) is 5.91. The van der Waals surface area contributed by atoms with Crippen LogP contribution in [0, 0.1) is 11.8 Å². The van der Waals surface area contributed by atoms with Crippen molar-refractivity contribution in [3.63, 3.8) is 0 Å². The van der Waals surface area contributed by atoms with Crippen molar-refractivity contribution in [3.05, 3.63) is 22.4 Å². The summed E-state index contributed by atoms with van der Waals surface area (Å²) in [6.07, 6.45) is 5.23. The summed E-state index contributed by atoms with van der Waals surface area (Å²) >= 11 is 1.93. The molecule has 0 amide bonds. The lowest BCUT2D eigenvalue weighted by Gasteiger charge is -2.41. The van der Waals surface area contributed by atoms with Crippen molar-refractivity contribution >= 4 is 11.3 Å². The number of piperidine rings is 1. The minimum Gasteiger partial charge on any atom is -0.327 e. The fraction of sp³-hybridized carbons (Fsp3) is 0.733. The molecule has 3 heteroatoms. The molecule has 2 nitrogen and oxygen atoms in total. The Labute approximate surface area is 114 Å². The molecule has 0 spiro atoms. The molecule has 3 unspecified atom stereocenters. The maximum Gasteiger partial charge on any atom is 0.0469 e. The van der Waals surface area contributed by atoms with Gasteiger partial charge >= 0.3 is 0 Å². The summed E-state index contributed by atoms with van der Waals surface area (Å²) in [7, 11) is 0. The predicted molar refractivity (Wildman–Crippen MR) is 77.7 cm³/mol. The average molecular weight is 264 g/mol. The first-order chi connectivity index (χ1) is 8.79. The minimum absolute atomic E-state index is 0.425. The molecule has 18 heavy (non-hydrogen) atoms. The van der Waals surface area contributed by atoms with E-state index in [1.165, 1.54) is 38.8 Å². The van der Waals surface area contributed by atoms with Gasteiger partial charge in [-0.05, 0) is 42.5 Å². The fourth-order valence-corrected chi connectivity index (χ4v) is 4.30. The Morgan fingerprint density at radius 2 is 2.28 bits per heavy atom. The molecule has 1 aliphatic heterocycles. The smallest absolute Gasteiger partial charge is 0.0469 e. The van der Waals surface area contributed by atoms with Crippen molar-refractivity contribution < 1.29 is 0 Å². The van der Waals surface area contributed by atoms with E-state index in [0.717, 1.165) is 5.92 Å². The quantitative estimate of drug-likeness (QED) is 0.904. The molecule has 0 bridgehead atoms. The molecule has 0 aromatic carbocycles. The Bertz CT molecular complexity index is 372. The molecule has 1 aromatic rings. The third-order valence-corrected chi connectivity index (χ3v) is 5.59. The van der Waals surface area contributed by atoms with Crippen LogP contribution in [-0.2, 0) is 0 Å². The highest BCUT2D eigenvalue weighted by molar-refractivity contribution is 7.10. The zero-order valence-corrected chi connectivity index (χ0v) is 12.0. The molecule has 1 saturated heterocycles. The summed E-state index contributed by atoms with van der Waals surface area (Å²) in [6, 6.07) is 5.63. The minimum atomic E-state index is 0.425. The highest BCUT2D eigenvalue weighted by Crippen LogP contribution is 2.46. The highest BCUT2D eigenvalue weighted by atomic mass is 32.1. The van der Waals surface area contributed by atoms with Gasteiger partial charge in [0.05, 0.1) is 0 Å². The molecular weight excluding hydrogens is 240 g/mol. The normalized spacial score (nSPS) is 31.4. The van der Waals surface area contributed by atoms with E-state index in [4.69, 9.17) is 5.73 Å². The molecule has 2 fully saturated rings. The van der Waals surface area contributed by atoms with Crippen molar-refractivity contribution in [2.45, 2.75) is 44.7 Å². The first-order valence-corrected chi connectivity index (χ1v) is 8.20. The summed E-state index contributed by atoms with van der Waals surface area (Å²) in [6.45, 7) is 4.68. The van der Waals surface area contributed by atoms with E-state index in [1.807, 2.05) is 11.3 Å². The van der Waals surface area contributed by atoms with E-state index in [-0.39, 0.29) is 0 Å². The first-order valence-electron chi connectivity index (χ1n) is 7.32. The van der Waals surface area contributed by atoms with E-state index in [2.05, 4.69) is 29.3 Å². The SMILES string of the molecule is CCC1CN(C(c2cccs2)C2CC2)CCC1N. The van der Waals surface area contributed by atoms with Gasteiger partial charge in [-0.25, -0.2) is 0 Å². The number of thiophene rings is 1. The molecule has 0 radical (unpaired) electrons. The first kappa shape index (κ1) is 12.6. The topological polar surface area (TPSA) is 29.3 Å². The maximum absolute atomic E-state index is 6.24. The van der Waals surface area contributed by atoms with E-state index in [0.29, 0.717) is 18.0 Å². The molecule has 2 aliphatic rings. The van der Waals surface area contributed by atoms with Gasteiger partial charge in [-0.2, -0.15) is 0 Å². The molecule has 1 aliphatic carbocycles. The summed E-state index contributed by atoms with van der Waals surface area (Å²) in [4.78, 5) is 4.30. The van der Waals surface area contributed by atoms with Crippen LogP contribution in [-0.4, -0.2) is 24.0 Å². The Hall–Kier alpha value is -0.380. The zero-order chi connectivity index (χ0) is 12.5. The number of rotatable bonds is 4. The van der Waals surface area contributed by atoms with Gasteiger partial charge in [-0.3, -0.25) is 4.90 Å². The van der Waals surface area contributed by atoms with Crippen LogP contribution in [0.2, 0.25) is 0 Å². The van der Waals surface area contributed by atoms with Crippen molar-refractivity contribution in [3.8, 4) is 0 Å². The second-order valence-corrected chi connectivity index (χ2v) is 6.89. The molecule has 100 valence electrons. The van der Waals surface area contributed by atoms with Crippen LogP contribution in [0.15, 0.2) is 17.5 Å². The van der Waals surface area contributed by atoms with E-state index in [9.17, 15) is 0 Å². The van der Waals surface area contributed by atoms with Crippen molar-refractivity contribution in [1.82, 2.24) is 4.90 Å². The van der Waals surface area contributed by atoms with Gasteiger partial charge in [0.15, 0.2) is 0 Å². The van der Waals surface area contributed by atoms with Gasteiger partial charge in [0.2, 0.25) is 0 Å².